The number of sulfonamides is 1. The van der Waals surface area contributed by atoms with Gasteiger partial charge in [-0.25, -0.2) is 17.7 Å². The van der Waals surface area contributed by atoms with Crippen LogP contribution < -0.4 is 16.4 Å². The maximum Gasteiger partial charge on any atom is 0.252 e. The molecule has 0 saturated carbocycles. The summed E-state index contributed by atoms with van der Waals surface area (Å²) >= 11 is 0. The van der Waals surface area contributed by atoms with Crippen LogP contribution in [0.2, 0.25) is 0 Å². The lowest BCUT2D eigenvalue weighted by atomic mass is 9.90. The van der Waals surface area contributed by atoms with Crippen molar-refractivity contribution in [3.8, 4) is 0 Å². The molecule has 0 aliphatic carbocycles. The molecule has 178 valence electrons. The maximum absolute atomic E-state index is 11.9. The number of primary amides is 1. The number of hydrogen-bond donors (Lipinski definition) is 3. The van der Waals surface area contributed by atoms with Crippen molar-refractivity contribution < 1.29 is 13.2 Å². The third-order valence-corrected chi connectivity index (χ3v) is 7.38. The molecule has 2 heterocycles. The van der Waals surface area contributed by atoms with E-state index in [4.69, 9.17) is 5.73 Å². The molecule has 1 fully saturated rings. The number of pyridine rings is 1. The van der Waals surface area contributed by atoms with Crippen LogP contribution in [0.3, 0.4) is 0 Å². The van der Waals surface area contributed by atoms with Gasteiger partial charge in [-0.05, 0) is 42.0 Å². The van der Waals surface area contributed by atoms with Crippen molar-refractivity contribution in [3.63, 3.8) is 0 Å². The number of nitrogens with one attached hydrogen (secondary N) is 2. The van der Waals surface area contributed by atoms with Gasteiger partial charge >= 0.3 is 0 Å². The van der Waals surface area contributed by atoms with Crippen molar-refractivity contribution in [1.82, 2.24) is 9.29 Å². The summed E-state index contributed by atoms with van der Waals surface area (Å²) < 4.78 is 25.0. The van der Waals surface area contributed by atoms with Gasteiger partial charge in [-0.1, -0.05) is 42.5 Å². The summed E-state index contributed by atoms with van der Waals surface area (Å²) in [6, 6.07) is 19.8. The molecule has 4 N–H and O–H groups in total. The lowest BCUT2D eigenvalue weighted by Crippen LogP contribution is -2.37. The highest BCUT2D eigenvalue weighted by Gasteiger charge is 2.25. The molecule has 1 aliphatic heterocycles. The van der Waals surface area contributed by atoms with Crippen LogP contribution in [-0.2, 0) is 16.6 Å². The van der Waals surface area contributed by atoms with Crippen molar-refractivity contribution in [2.24, 2.45) is 5.73 Å². The predicted molar refractivity (Wildman–Crippen MR) is 135 cm³/mol. The van der Waals surface area contributed by atoms with Gasteiger partial charge in [0, 0.05) is 37.6 Å². The van der Waals surface area contributed by atoms with Gasteiger partial charge in [0.15, 0.2) is 0 Å². The van der Waals surface area contributed by atoms with Crippen molar-refractivity contribution in [2.45, 2.75) is 25.3 Å². The zero-order valence-corrected chi connectivity index (χ0v) is 19.9. The molecular weight excluding hydrogens is 450 g/mol. The molecule has 0 bridgehead atoms. The van der Waals surface area contributed by atoms with Gasteiger partial charge in [-0.2, -0.15) is 0 Å². The number of amides is 1. The van der Waals surface area contributed by atoms with E-state index >= 15 is 0 Å². The first kappa shape index (κ1) is 23.7. The monoisotopic (exact) mass is 479 g/mol. The average Bonchev–Trinajstić information content (AvgIpc) is 2.83. The Morgan fingerprint density at radius 1 is 1.09 bits per heavy atom. The molecule has 0 atom stereocenters. The highest BCUT2D eigenvalue weighted by atomic mass is 32.2. The number of nitrogens with zero attached hydrogens (tertiary/aromatic N) is 2. The highest BCUT2D eigenvalue weighted by Crippen LogP contribution is 2.30. The highest BCUT2D eigenvalue weighted by molar-refractivity contribution is 7.88. The summed E-state index contributed by atoms with van der Waals surface area (Å²) in [5.41, 5.74) is 9.62. The fourth-order valence-electron chi connectivity index (χ4n) is 4.17. The normalized spacial score (nSPS) is 15.1. The molecule has 34 heavy (non-hydrogen) atoms. The number of aromatic nitrogens is 1. The quantitative estimate of drug-likeness (QED) is 0.454. The minimum absolute atomic E-state index is 0.331. The fourth-order valence-corrected chi connectivity index (χ4v) is 5.04. The Balaban J connectivity index is 1.42. The lowest BCUT2D eigenvalue weighted by molar-refractivity contribution is 0.100. The first-order valence-corrected chi connectivity index (χ1v) is 13.0. The van der Waals surface area contributed by atoms with Crippen LogP contribution in [0.15, 0.2) is 66.9 Å². The third kappa shape index (κ3) is 5.92. The smallest absolute Gasteiger partial charge is 0.252 e. The number of benzene rings is 2. The predicted octanol–water partition coefficient (Wildman–Crippen LogP) is 3.68. The van der Waals surface area contributed by atoms with E-state index in [0.29, 0.717) is 42.6 Å². The molecular formula is C25H29N5O3S. The summed E-state index contributed by atoms with van der Waals surface area (Å²) in [7, 11) is -3.12. The van der Waals surface area contributed by atoms with Crippen LogP contribution in [0.25, 0.3) is 0 Å². The second-order valence-electron chi connectivity index (χ2n) is 8.50. The van der Waals surface area contributed by atoms with Crippen LogP contribution in [0.5, 0.6) is 0 Å². The Labute approximate surface area is 200 Å². The number of hydrogen-bond acceptors (Lipinski definition) is 6. The van der Waals surface area contributed by atoms with E-state index in [2.05, 4.69) is 27.8 Å². The Kier molecular flexibility index (Phi) is 7.14. The average molecular weight is 480 g/mol. The molecule has 1 amide bonds. The van der Waals surface area contributed by atoms with Crippen LogP contribution in [0, 0.1) is 0 Å². The second kappa shape index (κ2) is 10.2. The van der Waals surface area contributed by atoms with E-state index in [1.165, 1.54) is 18.0 Å². The van der Waals surface area contributed by atoms with Crippen molar-refractivity contribution in [2.75, 3.05) is 30.0 Å². The van der Waals surface area contributed by atoms with Crippen LogP contribution in [0.1, 0.15) is 40.2 Å². The van der Waals surface area contributed by atoms with Crippen molar-refractivity contribution >= 4 is 33.1 Å². The first-order valence-electron chi connectivity index (χ1n) is 11.2. The molecule has 1 aromatic heterocycles. The molecule has 2 aromatic carbocycles. The standard InChI is InChI=1S/C25H29N5O3S/c1-34(32,33)30-13-11-20(12-14-30)19-7-9-21(10-8-19)29-24-15-23(22(17-28-24)25(26)31)27-16-18-5-3-2-4-6-18/h2-10,15,17,20H,11-14,16H2,1H3,(H2,26,31)(H2,27,28,29). The number of anilines is 3. The van der Waals surface area contributed by atoms with Crippen LogP contribution in [0.4, 0.5) is 17.2 Å². The minimum atomic E-state index is -3.12. The second-order valence-corrected chi connectivity index (χ2v) is 10.5. The SMILES string of the molecule is CS(=O)(=O)N1CCC(c2ccc(Nc3cc(NCc4ccccc4)c(C(N)=O)cn3)cc2)CC1. The van der Waals surface area contributed by atoms with E-state index < -0.39 is 15.9 Å². The molecule has 9 heteroatoms. The molecule has 3 aromatic rings. The van der Waals surface area contributed by atoms with Crippen molar-refractivity contribution in [1.29, 1.82) is 0 Å². The lowest BCUT2D eigenvalue weighted by Gasteiger charge is -2.30. The maximum atomic E-state index is 11.9. The summed E-state index contributed by atoms with van der Waals surface area (Å²) in [5, 5.41) is 6.55. The third-order valence-electron chi connectivity index (χ3n) is 6.07. The van der Waals surface area contributed by atoms with Gasteiger partial charge in [-0.3, -0.25) is 4.79 Å². The van der Waals surface area contributed by atoms with E-state index in [0.717, 1.165) is 24.1 Å². The first-order chi connectivity index (χ1) is 16.3. The zero-order valence-electron chi connectivity index (χ0n) is 19.1. The van der Waals surface area contributed by atoms with Gasteiger partial charge in [0.1, 0.15) is 5.82 Å². The van der Waals surface area contributed by atoms with Crippen LogP contribution >= 0.6 is 0 Å². The molecule has 1 saturated heterocycles. The minimum Gasteiger partial charge on any atom is -0.380 e. The van der Waals surface area contributed by atoms with E-state index in [9.17, 15) is 13.2 Å². The molecule has 0 radical (unpaired) electrons. The Bertz CT molecular complexity index is 1240. The van der Waals surface area contributed by atoms with Gasteiger partial charge in [-0.15, -0.1) is 0 Å². The number of carbonyl (C=O) groups is 1. The molecule has 1 aliphatic rings. The molecule has 8 nitrogen and oxygen atoms in total. The molecule has 0 unspecified atom stereocenters. The number of rotatable bonds is 8. The Morgan fingerprint density at radius 2 is 1.76 bits per heavy atom. The number of nitrogens with two attached hydrogens (primary N) is 1. The summed E-state index contributed by atoms with van der Waals surface area (Å²) in [5.74, 6) is 0.393. The van der Waals surface area contributed by atoms with Gasteiger partial charge in [0.05, 0.1) is 17.5 Å². The Morgan fingerprint density at radius 3 is 2.38 bits per heavy atom. The number of carbonyl (C=O) groups excluding carboxylic acids is 1. The van der Waals surface area contributed by atoms with E-state index in [1.54, 1.807) is 10.4 Å². The summed E-state index contributed by atoms with van der Waals surface area (Å²) in [6.07, 6.45) is 4.36. The van der Waals surface area contributed by atoms with E-state index in [-0.39, 0.29) is 0 Å². The fraction of sp³-hybridized carbons (Fsp3) is 0.280. The molecule has 4 rings (SSSR count). The summed E-state index contributed by atoms with van der Waals surface area (Å²) in [6.45, 7) is 1.66. The van der Waals surface area contributed by atoms with Gasteiger partial charge in [0.2, 0.25) is 10.0 Å². The zero-order chi connectivity index (χ0) is 24.1. The largest absolute Gasteiger partial charge is 0.380 e. The van der Waals surface area contributed by atoms with E-state index in [1.807, 2.05) is 42.5 Å². The van der Waals surface area contributed by atoms with Crippen LogP contribution in [-0.4, -0.2) is 43.0 Å². The summed E-state index contributed by atoms with van der Waals surface area (Å²) in [4.78, 5) is 16.2. The van der Waals surface area contributed by atoms with Gasteiger partial charge < -0.3 is 16.4 Å². The Hall–Kier alpha value is -3.43. The van der Waals surface area contributed by atoms with Gasteiger partial charge in [0.25, 0.3) is 5.91 Å². The van der Waals surface area contributed by atoms with Crippen molar-refractivity contribution in [3.05, 3.63) is 83.6 Å². The molecule has 0 spiro atoms. The topological polar surface area (TPSA) is 117 Å². The number of piperidine rings is 1.